The monoisotopic (exact) mass is 485 g/mol. The fourth-order valence-corrected chi connectivity index (χ4v) is 3.28. The third kappa shape index (κ3) is 4.64. The van der Waals surface area contributed by atoms with Crippen molar-refractivity contribution in [3.05, 3.63) is 70.5 Å². The first kappa shape index (κ1) is 20.7. The van der Waals surface area contributed by atoms with Crippen molar-refractivity contribution in [2.24, 2.45) is 0 Å². The molecule has 2 aromatic carbocycles. The van der Waals surface area contributed by atoms with Crippen LogP contribution in [0.15, 0.2) is 59.1 Å². The molecule has 1 N–H and O–H groups in total. The third-order valence-corrected chi connectivity index (χ3v) is 5.09. The highest BCUT2D eigenvalue weighted by Crippen LogP contribution is 2.22. The van der Waals surface area contributed by atoms with Crippen LogP contribution in [-0.4, -0.2) is 46.0 Å². The van der Waals surface area contributed by atoms with Crippen LogP contribution < -0.4 is 14.8 Å². The number of benzene rings is 2. The van der Waals surface area contributed by atoms with Crippen molar-refractivity contribution in [2.45, 2.75) is 0 Å². The number of carbonyl (C=O) groups excluding carboxylic acids is 1. The molecule has 31 heavy (non-hydrogen) atoms. The normalized spacial score (nSPS) is 10.8. The van der Waals surface area contributed by atoms with Gasteiger partial charge in [-0.1, -0.05) is 0 Å². The quantitative estimate of drug-likeness (QED) is 0.402. The molecule has 158 valence electrons. The first-order chi connectivity index (χ1) is 15.0. The number of hydrogen-bond acceptors (Lipinski definition) is 6. The molecule has 4 rings (SSSR count). The van der Waals surface area contributed by atoms with E-state index in [-0.39, 0.29) is 24.9 Å². The number of amides is 1. The lowest BCUT2D eigenvalue weighted by Gasteiger charge is -2.09. The zero-order valence-electron chi connectivity index (χ0n) is 16.4. The van der Waals surface area contributed by atoms with Crippen molar-refractivity contribution in [2.75, 3.05) is 20.3 Å². The van der Waals surface area contributed by atoms with E-state index in [4.69, 9.17) is 9.47 Å². The lowest BCUT2D eigenvalue weighted by Crippen LogP contribution is -2.28. The van der Waals surface area contributed by atoms with E-state index in [1.165, 1.54) is 16.6 Å². The predicted molar refractivity (Wildman–Crippen MR) is 115 cm³/mol. The highest BCUT2D eigenvalue weighted by Gasteiger charge is 2.12. The maximum atomic E-state index is 13.2. The van der Waals surface area contributed by atoms with E-state index in [2.05, 4.69) is 36.5 Å². The van der Waals surface area contributed by atoms with Crippen molar-refractivity contribution in [1.29, 1.82) is 0 Å². The maximum Gasteiger partial charge on any atom is 0.252 e. The van der Waals surface area contributed by atoms with Crippen LogP contribution in [0.2, 0.25) is 0 Å². The van der Waals surface area contributed by atoms with E-state index in [0.29, 0.717) is 38.7 Å². The molecular weight excluding hydrogens is 469 g/mol. The van der Waals surface area contributed by atoms with Gasteiger partial charge in [-0.25, -0.2) is 4.39 Å². The number of fused-ring (bicyclic) bond motifs is 1. The number of hydrogen-bond donors (Lipinski definition) is 1. The number of nitrogens with one attached hydrogen (secondary N) is 1. The third-order valence-electron chi connectivity index (χ3n) is 4.40. The highest BCUT2D eigenvalue weighted by molar-refractivity contribution is 9.10. The van der Waals surface area contributed by atoms with Gasteiger partial charge in [0.15, 0.2) is 11.5 Å². The molecule has 0 saturated heterocycles. The van der Waals surface area contributed by atoms with Gasteiger partial charge in [0.25, 0.3) is 5.91 Å². The van der Waals surface area contributed by atoms with Crippen molar-refractivity contribution in [3.8, 4) is 23.0 Å². The van der Waals surface area contributed by atoms with Crippen molar-refractivity contribution >= 4 is 27.5 Å². The summed E-state index contributed by atoms with van der Waals surface area (Å²) in [5.74, 6) is 0.810. The molecule has 0 aliphatic carbocycles. The Kier molecular flexibility index (Phi) is 6.08. The van der Waals surface area contributed by atoms with Gasteiger partial charge in [0, 0.05) is 16.1 Å². The van der Waals surface area contributed by atoms with Gasteiger partial charge < -0.3 is 14.8 Å². The summed E-state index contributed by atoms with van der Waals surface area (Å²) in [4.78, 5) is 12.4. The van der Waals surface area contributed by atoms with Crippen molar-refractivity contribution < 1.29 is 18.7 Å². The van der Waals surface area contributed by atoms with Gasteiger partial charge in [0.1, 0.15) is 18.2 Å². The molecule has 0 saturated carbocycles. The molecule has 10 heteroatoms. The van der Waals surface area contributed by atoms with Crippen LogP contribution in [0.25, 0.3) is 17.0 Å². The topological polar surface area (TPSA) is 90.6 Å². The summed E-state index contributed by atoms with van der Waals surface area (Å²) in [5.41, 5.74) is 1.67. The highest BCUT2D eigenvalue weighted by atomic mass is 79.9. The van der Waals surface area contributed by atoms with Gasteiger partial charge in [-0.2, -0.15) is 4.52 Å². The van der Waals surface area contributed by atoms with E-state index in [1.807, 2.05) is 0 Å². The molecule has 1 amide bonds. The molecule has 0 spiro atoms. The molecule has 0 aliphatic heterocycles. The Labute approximate surface area is 185 Å². The summed E-state index contributed by atoms with van der Waals surface area (Å²) in [6.07, 6.45) is 0. The number of nitrogens with zero attached hydrogens (tertiary/aromatic N) is 4. The van der Waals surface area contributed by atoms with Gasteiger partial charge in [0.2, 0.25) is 5.88 Å². The van der Waals surface area contributed by atoms with Crippen LogP contribution in [0.4, 0.5) is 4.39 Å². The smallest absolute Gasteiger partial charge is 0.252 e. The molecule has 0 fully saturated rings. The lowest BCUT2D eigenvalue weighted by molar-refractivity contribution is 0.0945. The number of carbonyl (C=O) groups is 1. The summed E-state index contributed by atoms with van der Waals surface area (Å²) < 4.78 is 26.2. The molecule has 8 nitrogen and oxygen atoms in total. The Morgan fingerprint density at radius 1 is 1.13 bits per heavy atom. The molecule has 0 radical (unpaired) electrons. The molecule has 2 aromatic heterocycles. The van der Waals surface area contributed by atoms with Crippen molar-refractivity contribution in [1.82, 2.24) is 25.1 Å². The van der Waals surface area contributed by atoms with E-state index in [0.717, 1.165) is 0 Å². The second kappa shape index (κ2) is 9.09. The SMILES string of the molecule is COc1ccc(Br)c(C(=O)NCCOc2ccc3nnc(-c4ccc(F)cc4)n3n2)c1. The Morgan fingerprint density at radius 3 is 2.71 bits per heavy atom. The molecule has 0 atom stereocenters. The van der Waals surface area contributed by atoms with Crippen LogP contribution in [0.5, 0.6) is 11.6 Å². The molecular formula is C21H17BrFN5O3. The average molecular weight is 486 g/mol. The van der Waals surface area contributed by atoms with Crippen LogP contribution in [-0.2, 0) is 0 Å². The number of ether oxygens (including phenoxy) is 2. The summed E-state index contributed by atoms with van der Waals surface area (Å²) in [5, 5.41) is 15.4. The number of methoxy groups -OCH3 is 1. The summed E-state index contributed by atoms with van der Waals surface area (Å²) in [6.45, 7) is 0.481. The molecule has 2 heterocycles. The fourth-order valence-electron chi connectivity index (χ4n) is 2.85. The minimum Gasteiger partial charge on any atom is -0.497 e. The standard InChI is InChI=1S/C21H17BrFN5O3/c1-30-15-6-7-17(22)16(12-15)21(29)24-10-11-31-19-9-8-18-25-26-20(28(18)27-19)13-2-4-14(23)5-3-13/h2-9,12H,10-11H2,1H3,(H,24,29). The zero-order chi connectivity index (χ0) is 21.8. The van der Waals surface area contributed by atoms with Gasteiger partial charge in [-0.15, -0.1) is 15.3 Å². The fraction of sp³-hybridized carbons (Fsp3) is 0.143. The van der Waals surface area contributed by atoms with Crippen LogP contribution in [0.3, 0.4) is 0 Å². The molecule has 0 unspecified atom stereocenters. The lowest BCUT2D eigenvalue weighted by atomic mass is 10.2. The summed E-state index contributed by atoms with van der Waals surface area (Å²) in [7, 11) is 1.54. The van der Waals surface area contributed by atoms with Gasteiger partial charge >= 0.3 is 0 Å². The van der Waals surface area contributed by atoms with E-state index < -0.39 is 0 Å². The minimum absolute atomic E-state index is 0.208. The molecule has 4 aromatic rings. The average Bonchev–Trinajstić information content (AvgIpc) is 3.21. The molecule has 0 aliphatic rings. The summed E-state index contributed by atoms with van der Waals surface area (Å²) >= 11 is 3.36. The second-order valence-corrected chi connectivity index (χ2v) is 7.28. The number of aromatic nitrogens is 4. The first-order valence-corrected chi connectivity index (χ1v) is 10.1. The Hall–Kier alpha value is -3.53. The van der Waals surface area contributed by atoms with Crippen molar-refractivity contribution in [3.63, 3.8) is 0 Å². The zero-order valence-corrected chi connectivity index (χ0v) is 18.0. The van der Waals surface area contributed by atoms with Gasteiger partial charge in [-0.3, -0.25) is 4.79 Å². The van der Waals surface area contributed by atoms with Gasteiger partial charge in [0.05, 0.1) is 19.2 Å². The molecule has 0 bridgehead atoms. The summed E-state index contributed by atoms with van der Waals surface area (Å²) in [6, 6.07) is 14.4. The van der Waals surface area contributed by atoms with E-state index in [1.54, 1.807) is 49.6 Å². The Bertz CT molecular complexity index is 1230. The van der Waals surface area contributed by atoms with Crippen LogP contribution >= 0.6 is 15.9 Å². The van der Waals surface area contributed by atoms with Crippen LogP contribution in [0, 0.1) is 5.82 Å². The number of rotatable bonds is 7. The van der Waals surface area contributed by atoms with E-state index >= 15 is 0 Å². The minimum atomic E-state index is -0.336. The largest absolute Gasteiger partial charge is 0.497 e. The van der Waals surface area contributed by atoms with Crippen LogP contribution in [0.1, 0.15) is 10.4 Å². The Morgan fingerprint density at radius 2 is 1.94 bits per heavy atom. The first-order valence-electron chi connectivity index (χ1n) is 9.28. The van der Waals surface area contributed by atoms with Gasteiger partial charge in [-0.05, 0) is 64.5 Å². The van der Waals surface area contributed by atoms with E-state index in [9.17, 15) is 9.18 Å². The Balaban J connectivity index is 1.40. The second-order valence-electron chi connectivity index (χ2n) is 6.42. The maximum absolute atomic E-state index is 13.2. The number of halogens is 2. The predicted octanol–water partition coefficient (Wildman–Crippen LogP) is 3.51.